The summed E-state index contributed by atoms with van der Waals surface area (Å²) in [6.45, 7) is 4.15. The van der Waals surface area contributed by atoms with Gasteiger partial charge < -0.3 is 15.7 Å². The zero-order chi connectivity index (χ0) is 14.7. The Kier molecular flexibility index (Phi) is 10.7. The maximum Gasteiger partial charge on any atom is 0.220 e. The maximum absolute atomic E-state index is 11.7. The summed E-state index contributed by atoms with van der Waals surface area (Å²) in [6, 6.07) is -0.0214. The van der Waals surface area contributed by atoms with E-state index >= 15 is 0 Å². The minimum absolute atomic E-state index is 0.0151. The lowest BCUT2D eigenvalue weighted by Gasteiger charge is -2.21. The van der Waals surface area contributed by atoms with Gasteiger partial charge in [-0.05, 0) is 26.0 Å². The summed E-state index contributed by atoms with van der Waals surface area (Å²) >= 11 is 1.55. The van der Waals surface area contributed by atoms with E-state index in [0.29, 0.717) is 13.0 Å². The first-order valence-corrected chi connectivity index (χ1v) is 7.97. The summed E-state index contributed by atoms with van der Waals surface area (Å²) in [6.07, 6.45) is 5.06. The highest BCUT2D eigenvalue weighted by Gasteiger charge is 2.16. The predicted molar refractivity (Wildman–Crippen MR) is 79.1 cm³/mol. The van der Waals surface area contributed by atoms with E-state index in [1.54, 1.807) is 11.8 Å². The van der Waals surface area contributed by atoms with Crippen molar-refractivity contribution in [1.29, 1.82) is 0 Å². The van der Waals surface area contributed by atoms with Crippen LogP contribution in [0.2, 0.25) is 0 Å². The van der Waals surface area contributed by atoms with Crippen LogP contribution in [0.15, 0.2) is 0 Å². The number of hydrogen-bond acceptors (Lipinski definition) is 4. The molecule has 0 aliphatic carbocycles. The minimum Gasteiger partial charge on any atom is -0.395 e. The second kappa shape index (κ2) is 11.1. The van der Waals surface area contributed by atoms with E-state index < -0.39 is 0 Å². The highest BCUT2D eigenvalue weighted by molar-refractivity contribution is 7.99. The second-order valence-corrected chi connectivity index (χ2v) is 5.68. The third kappa shape index (κ3) is 9.78. The summed E-state index contributed by atoms with van der Waals surface area (Å²) < 4.78 is 0. The van der Waals surface area contributed by atoms with E-state index in [-0.39, 0.29) is 29.7 Å². The van der Waals surface area contributed by atoms with E-state index in [2.05, 4.69) is 10.6 Å². The molecule has 2 unspecified atom stereocenters. The van der Waals surface area contributed by atoms with Gasteiger partial charge in [-0.15, -0.1) is 0 Å². The lowest BCUT2D eigenvalue weighted by atomic mass is 10.1. The lowest BCUT2D eigenvalue weighted by Crippen LogP contribution is -2.41. The Hall–Kier alpha value is -0.750. The van der Waals surface area contributed by atoms with Gasteiger partial charge in [-0.1, -0.05) is 6.42 Å². The van der Waals surface area contributed by atoms with Crippen molar-refractivity contribution in [3.05, 3.63) is 0 Å². The highest BCUT2D eigenvalue weighted by atomic mass is 32.2. The van der Waals surface area contributed by atoms with Crippen LogP contribution >= 0.6 is 11.8 Å². The molecule has 0 fully saturated rings. The van der Waals surface area contributed by atoms with E-state index in [9.17, 15) is 9.59 Å². The lowest BCUT2D eigenvalue weighted by molar-refractivity contribution is -0.122. The third-order valence-corrected chi connectivity index (χ3v) is 4.05. The van der Waals surface area contributed by atoms with Gasteiger partial charge in [0.1, 0.15) is 0 Å². The van der Waals surface area contributed by atoms with E-state index in [4.69, 9.17) is 5.11 Å². The molecule has 0 aliphatic rings. The Morgan fingerprint density at radius 1 is 1.26 bits per heavy atom. The quantitative estimate of drug-likeness (QED) is 0.523. The van der Waals surface area contributed by atoms with Crippen molar-refractivity contribution in [2.75, 3.05) is 19.4 Å². The Labute approximate surface area is 119 Å². The van der Waals surface area contributed by atoms with E-state index in [1.807, 2.05) is 13.2 Å². The van der Waals surface area contributed by atoms with Gasteiger partial charge in [-0.3, -0.25) is 9.59 Å². The van der Waals surface area contributed by atoms with Crippen LogP contribution < -0.4 is 10.6 Å². The third-order valence-electron chi connectivity index (χ3n) is 2.88. The Bertz CT molecular complexity index is 271. The standard InChI is InChI=1S/C13H26N2O3S/c1-10(12(9-16)19-3)15-13(18)7-5-4-6-8-14-11(2)17/h10,12,16H,4-9H2,1-3H3,(H,14,17)(H,15,18). The molecule has 0 radical (unpaired) electrons. The fourth-order valence-corrected chi connectivity index (χ4v) is 2.33. The molecule has 0 saturated carbocycles. The van der Waals surface area contributed by atoms with Crippen molar-refractivity contribution in [2.24, 2.45) is 0 Å². The van der Waals surface area contributed by atoms with Crippen molar-refractivity contribution < 1.29 is 14.7 Å². The molecule has 0 saturated heterocycles. The molecule has 19 heavy (non-hydrogen) atoms. The summed E-state index contributed by atoms with van der Waals surface area (Å²) in [7, 11) is 0. The molecule has 6 heteroatoms. The van der Waals surface area contributed by atoms with Gasteiger partial charge in [0.05, 0.1) is 6.61 Å². The highest BCUT2D eigenvalue weighted by Crippen LogP contribution is 2.10. The molecule has 0 aromatic heterocycles. The number of thioether (sulfide) groups is 1. The van der Waals surface area contributed by atoms with Gasteiger partial charge in [0, 0.05) is 31.2 Å². The molecule has 3 N–H and O–H groups in total. The smallest absolute Gasteiger partial charge is 0.220 e. The molecular weight excluding hydrogens is 264 g/mol. The molecule has 0 rings (SSSR count). The number of carbonyl (C=O) groups is 2. The van der Waals surface area contributed by atoms with Crippen molar-refractivity contribution in [2.45, 2.75) is 50.8 Å². The van der Waals surface area contributed by atoms with Crippen molar-refractivity contribution >= 4 is 23.6 Å². The fraction of sp³-hybridized carbons (Fsp3) is 0.846. The number of unbranched alkanes of at least 4 members (excludes halogenated alkanes) is 2. The van der Waals surface area contributed by atoms with Crippen molar-refractivity contribution in [3.63, 3.8) is 0 Å². The largest absolute Gasteiger partial charge is 0.395 e. The Morgan fingerprint density at radius 3 is 2.47 bits per heavy atom. The number of aliphatic hydroxyl groups is 1. The van der Waals surface area contributed by atoms with Crippen LogP contribution in [0.25, 0.3) is 0 Å². The number of amides is 2. The van der Waals surface area contributed by atoms with Crippen molar-refractivity contribution in [1.82, 2.24) is 10.6 Å². The van der Waals surface area contributed by atoms with Gasteiger partial charge in [0.15, 0.2) is 0 Å². The minimum atomic E-state index is -0.0214. The first-order chi connectivity index (χ1) is 9.01. The van der Waals surface area contributed by atoms with Gasteiger partial charge in [0.25, 0.3) is 0 Å². The van der Waals surface area contributed by atoms with Crippen LogP contribution in [-0.2, 0) is 9.59 Å². The van der Waals surface area contributed by atoms with Gasteiger partial charge in [-0.2, -0.15) is 11.8 Å². The van der Waals surface area contributed by atoms with Crippen LogP contribution in [0, 0.1) is 0 Å². The molecule has 0 aromatic rings. The summed E-state index contributed by atoms with van der Waals surface area (Å²) in [4.78, 5) is 22.3. The van der Waals surface area contributed by atoms with E-state index in [1.165, 1.54) is 6.92 Å². The zero-order valence-electron chi connectivity index (χ0n) is 12.1. The monoisotopic (exact) mass is 290 g/mol. The number of nitrogens with one attached hydrogen (secondary N) is 2. The first kappa shape index (κ1) is 18.2. The topological polar surface area (TPSA) is 78.4 Å². The molecule has 0 bridgehead atoms. The van der Waals surface area contributed by atoms with Gasteiger partial charge in [0.2, 0.25) is 11.8 Å². The van der Waals surface area contributed by atoms with Crippen LogP contribution in [-0.4, -0.2) is 47.6 Å². The Morgan fingerprint density at radius 2 is 1.95 bits per heavy atom. The van der Waals surface area contributed by atoms with Crippen LogP contribution in [0.1, 0.15) is 39.5 Å². The zero-order valence-corrected chi connectivity index (χ0v) is 12.9. The van der Waals surface area contributed by atoms with Crippen molar-refractivity contribution in [3.8, 4) is 0 Å². The molecule has 0 heterocycles. The fourth-order valence-electron chi connectivity index (χ4n) is 1.71. The average molecular weight is 290 g/mol. The molecule has 0 aliphatic heterocycles. The summed E-state index contributed by atoms with van der Waals surface area (Å²) in [5.41, 5.74) is 0. The number of hydrogen-bond donors (Lipinski definition) is 3. The van der Waals surface area contributed by atoms with Gasteiger partial charge >= 0.3 is 0 Å². The molecule has 0 aromatic carbocycles. The van der Waals surface area contributed by atoms with Gasteiger partial charge in [-0.25, -0.2) is 0 Å². The molecule has 112 valence electrons. The second-order valence-electron chi connectivity index (χ2n) is 4.61. The van der Waals surface area contributed by atoms with Crippen LogP contribution in [0.4, 0.5) is 0 Å². The summed E-state index contributed by atoms with van der Waals surface area (Å²) in [5, 5.41) is 14.8. The molecule has 0 spiro atoms. The Balaban J connectivity index is 3.61. The SMILES string of the molecule is CSC(CO)C(C)NC(=O)CCCCCNC(C)=O. The number of aliphatic hydroxyl groups excluding tert-OH is 1. The molecule has 2 amide bonds. The van der Waals surface area contributed by atoms with E-state index in [0.717, 1.165) is 19.3 Å². The first-order valence-electron chi connectivity index (χ1n) is 6.68. The van der Waals surface area contributed by atoms with Crippen LogP contribution in [0.5, 0.6) is 0 Å². The molecular formula is C13H26N2O3S. The van der Waals surface area contributed by atoms with Crippen LogP contribution in [0.3, 0.4) is 0 Å². The maximum atomic E-state index is 11.7. The molecule has 2 atom stereocenters. The number of carbonyl (C=O) groups excluding carboxylic acids is 2. The number of rotatable bonds is 10. The normalized spacial score (nSPS) is 13.7. The summed E-state index contributed by atoms with van der Waals surface area (Å²) in [5.74, 6) is 0.0122. The average Bonchev–Trinajstić information content (AvgIpc) is 2.34. The molecule has 5 nitrogen and oxygen atoms in total. The predicted octanol–water partition coefficient (Wildman–Crippen LogP) is 0.911.